The SMILES string of the molecule is COc1ccc(NC(=O)c2ccc3c(c2)C(=O)N(Cc2ccncc2)C3=O)cc1Cl. The Kier molecular flexibility index (Phi) is 5.20. The van der Waals surface area contributed by atoms with Gasteiger partial charge in [-0.1, -0.05) is 11.6 Å². The number of benzene rings is 2. The number of hydrogen-bond donors (Lipinski definition) is 1. The van der Waals surface area contributed by atoms with E-state index in [0.717, 1.165) is 10.5 Å². The third-order valence-corrected chi connectivity index (χ3v) is 5.03. The zero-order valence-electron chi connectivity index (χ0n) is 15.9. The lowest BCUT2D eigenvalue weighted by Crippen LogP contribution is -2.29. The minimum atomic E-state index is -0.436. The number of carbonyl (C=O) groups is 3. The molecule has 1 aromatic heterocycles. The van der Waals surface area contributed by atoms with Crippen molar-refractivity contribution in [2.45, 2.75) is 6.54 Å². The highest BCUT2D eigenvalue weighted by Gasteiger charge is 2.36. The molecule has 0 saturated heterocycles. The molecule has 4 rings (SSSR count). The number of imide groups is 1. The summed E-state index contributed by atoms with van der Waals surface area (Å²) >= 11 is 6.09. The second-order valence-corrected chi connectivity index (χ2v) is 7.02. The zero-order chi connectivity index (χ0) is 21.3. The van der Waals surface area contributed by atoms with Crippen LogP contribution in [-0.2, 0) is 6.54 Å². The maximum Gasteiger partial charge on any atom is 0.261 e. The lowest BCUT2D eigenvalue weighted by molar-refractivity contribution is 0.0642. The van der Waals surface area contributed by atoms with E-state index in [1.165, 1.54) is 25.3 Å². The Hall–Kier alpha value is -3.71. The predicted molar refractivity (Wildman–Crippen MR) is 111 cm³/mol. The normalized spacial score (nSPS) is 12.7. The quantitative estimate of drug-likeness (QED) is 0.633. The number of aromatic nitrogens is 1. The van der Waals surface area contributed by atoms with Gasteiger partial charge in [0.15, 0.2) is 0 Å². The van der Waals surface area contributed by atoms with Crippen LogP contribution in [0.2, 0.25) is 5.02 Å². The van der Waals surface area contributed by atoms with Crippen LogP contribution in [0.1, 0.15) is 36.6 Å². The first kappa shape index (κ1) is 19.6. The van der Waals surface area contributed by atoms with Gasteiger partial charge in [-0.25, -0.2) is 0 Å². The molecule has 0 saturated carbocycles. The van der Waals surface area contributed by atoms with Crippen molar-refractivity contribution in [2.75, 3.05) is 12.4 Å². The Morgan fingerprint density at radius 2 is 1.77 bits per heavy atom. The molecule has 2 heterocycles. The first-order valence-corrected chi connectivity index (χ1v) is 9.40. The van der Waals surface area contributed by atoms with Crippen molar-refractivity contribution in [3.8, 4) is 5.75 Å². The van der Waals surface area contributed by atoms with Crippen molar-refractivity contribution < 1.29 is 19.1 Å². The largest absolute Gasteiger partial charge is 0.495 e. The van der Waals surface area contributed by atoms with Gasteiger partial charge in [0, 0.05) is 23.6 Å². The van der Waals surface area contributed by atoms with Gasteiger partial charge in [0.05, 0.1) is 29.8 Å². The van der Waals surface area contributed by atoms with Crippen molar-refractivity contribution in [3.05, 3.63) is 88.2 Å². The molecule has 0 radical (unpaired) electrons. The molecule has 0 aliphatic carbocycles. The fraction of sp³-hybridized carbons (Fsp3) is 0.0909. The highest BCUT2D eigenvalue weighted by Crippen LogP contribution is 2.28. The molecule has 0 spiro atoms. The molecule has 1 N–H and O–H groups in total. The fourth-order valence-electron chi connectivity index (χ4n) is 3.19. The number of nitrogens with one attached hydrogen (secondary N) is 1. The molecular formula is C22H16ClN3O4. The molecule has 1 aliphatic heterocycles. The predicted octanol–water partition coefficient (Wildman–Crippen LogP) is 3.79. The van der Waals surface area contributed by atoms with E-state index >= 15 is 0 Å². The van der Waals surface area contributed by atoms with Gasteiger partial charge in [-0.15, -0.1) is 0 Å². The summed E-state index contributed by atoms with van der Waals surface area (Å²) < 4.78 is 5.09. The van der Waals surface area contributed by atoms with Crippen LogP contribution in [0.5, 0.6) is 5.75 Å². The summed E-state index contributed by atoms with van der Waals surface area (Å²) in [7, 11) is 1.50. The van der Waals surface area contributed by atoms with Gasteiger partial charge in [-0.05, 0) is 54.1 Å². The van der Waals surface area contributed by atoms with E-state index in [1.807, 2.05) is 0 Å². The second kappa shape index (κ2) is 7.96. The van der Waals surface area contributed by atoms with Gasteiger partial charge in [-0.3, -0.25) is 24.3 Å². The van der Waals surface area contributed by atoms with Gasteiger partial charge < -0.3 is 10.1 Å². The fourth-order valence-corrected chi connectivity index (χ4v) is 3.45. The Balaban J connectivity index is 1.55. The van der Waals surface area contributed by atoms with Crippen molar-refractivity contribution in [3.63, 3.8) is 0 Å². The number of carbonyl (C=O) groups excluding carboxylic acids is 3. The monoisotopic (exact) mass is 421 g/mol. The number of halogens is 1. The molecule has 3 aromatic rings. The zero-order valence-corrected chi connectivity index (χ0v) is 16.6. The molecule has 150 valence electrons. The van der Waals surface area contributed by atoms with Crippen LogP contribution in [0, 0.1) is 0 Å². The molecule has 2 aromatic carbocycles. The molecule has 7 nitrogen and oxygen atoms in total. The third kappa shape index (κ3) is 3.62. The minimum Gasteiger partial charge on any atom is -0.495 e. The van der Waals surface area contributed by atoms with Crippen LogP contribution in [0.15, 0.2) is 60.9 Å². The first-order chi connectivity index (χ1) is 14.5. The maximum absolute atomic E-state index is 12.8. The number of methoxy groups -OCH3 is 1. The summed E-state index contributed by atoms with van der Waals surface area (Å²) in [5.41, 5.74) is 2.00. The molecule has 0 unspecified atom stereocenters. The standard InChI is InChI=1S/C22H16ClN3O4/c1-30-19-5-3-15(11-18(19)23)25-20(27)14-2-4-16-17(10-14)22(29)26(21(16)28)12-13-6-8-24-9-7-13/h2-11H,12H2,1H3,(H,25,27). The van der Waals surface area contributed by atoms with Crippen molar-refractivity contribution in [1.29, 1.82) is 0 Å². The van der Waals surface area contributed by atoms with Crippen molar-refractivity contribution >= 4 is 35.0 Å². The van der Waals surface area contributed by atoms with E-state index in [-0.39, 0.29) is 29.1 Å². The summed E-state index contributed by atoms with van der Waals surface area (Å²) in [6, 6.07) is 12.8. The molecule has 3 amide bonds. The van der Waals surface area contributed by atoms with E-state index < -0.39 is 11.8 Å². The number of anilines is 1. The summed E-state index contributed by atoms with van der Waals surface area (Å²) in [6.45, 7) is 0.140. The lowest BCUT2D eigenvalue weighted by Gasteiger charge is -2.13. The molecular weight excluding hydrogens is 406 g/mol. The smallest absolute Gasteiger partial charge is 0.261 e. The highest BCUT2D eigenvalue weighted by atomic mass is 35.5. The van der Waals surface area contributed by atoms with Gasteiger partial charge in [-0.2, -0.15) is 0 Å². The average molecular weight is 422 g/mol. The van der Waals surface area contributed by atoms with Crippen LogP contribution in [0.3, 0.4) is 0 Å². The number of hydrogen-bond acceptors (Lipinski definition) is 5. The molecule has 0 bridgehead atoms. The minimum absolute atomic E-state index is 0.140. The van der Waals surface area contributed by atoms with Crippen LogP contribution < -0.4 is 10.1 Å². The van der Waals surface area contributed by atoms with E-state index in [2.05, 4.69) is 10.3 Å². The molecule has 8 heteroatoms. The summed E-state index contributed by atoms with van der Waals surface area (Å²) in [5.74, 6) is -0.757. The first-order valence-electron chi connectivity index (χ1n) is 9.02. The molecule has 1 aliphatic rings. The van der Waals surface area contributed by atoms with Gasteiger partial charge in [0.25, 0.3) is 17.7 Å². The van der Waals surface area contributed by atoms with E-state index in [4.69, 9.17) is 16.3 Å². The third-order valence-electron chi connectivity index (χ3n) is 4.73. The van der Waals surface area contributed by atoms with Crippen LogP contribution in [-0.4, -0.2) is 34.7 Å². The average Bonchev–Trinajstić information content (AvgIpc) is 2.99. The topological polar surface area (TPSA) is 88.6 Å². The Morgan fingerprint density at radius 1 is 1.03 bits per heavy atom. The van der Waals surface area contributed by atoms with E-state index in [0.29, 0.717) is 16.5 Å². The molecule has 0 fully saturated rings. The lowest BCUT2D eigenvalue weighted by atomic mass is 10.1. The number of nitrogens with zero attached hydrogens (tertiary/aromatic N) is 2. The molecule has 0 atom stereocenters. The Labute approximate surface area is 177 Å². The summed E-state index contributed by atoms with van der Waals surface area (Å²) in [5, 5.41) is 3.08. The number of fused-ring (bicyclic) bond motifs is 1. The second-order valence-electron chi connectivity index (χ2n) is 6.62. The number of pyridine rings is 1. The Bertz CT molecular complexity index is 1160. The summed E-state index contributed by atoms with van der Waals surface area (Å²) in [4.78, 5) is 43.2. The van der Waals surface area contributed by atoms with E-state index in [1.54, 1.807) is 42.7 Å². The van der Waals surface area contributed by atoms with Gasteiger partial charge in [0.1, 0.15) is 5.75 Å². The van der Waals surface area contributed by atoms with Gasteiger partial charge in [0.2, 0.25) is 0 Å². The van der Waals surface area contributed by atoms with Crippen molar-refractivity contribution in [1.82, 2.24) is 9.88 Å². The Morgan fingerprint density at radius 3 is 2.47 bits per heavy atom. The number of amides is 3. The van der Waals surface area contributed by atoms with Crippen LogP contribution in [0.4, 0.5) is 5.69 Å². The van der Waals surface area contributed by atoms with Crippen LogP contribution in [0.25, 0.3) is 0 Å². The number of ether oxygens (including phenoxy) is 1. The highest BCUT2D eigenvalue weighted by molar-refractivity contribution is 6.32. The van der Waals surface area contributed by atoms with E-state index in [9.17, 15) is 14.4 Å². The number of rotatable bonds is 5. The van der Waals surface area contributed by atoms with Crippen molar-refractivity contribution in [2.24, 2.45) is 0 Å². The van der Waals surface area contributed by atoms with Crippen LogP contribution >= 0.6 is 11.6 Å². The van der Waals surface area contributed by atoms with Gasteiger partial charge >= 0.3 is 0 Å². The summed E-state index contributed by atoms with van der Waals surface area (Å²) in [6.07, 6.45) is 3.20. The maximum atomic E-state index is 12.8. The molecule has 30 heavy (non-hydrogen) atoms.